The maximum absolute atomic E-state index is 4.83. The maximum Gasteiger partial charge on any atom is 0.133 e. The van der Waals surface area contributed by atoms with Crippen molar-refractivity contribution in [3.05, 3.63) is 16.5 Å². The predicted molar refractivity (Wildman–Crippen MR) is 92.8 cm³/mol. The third-order valence-corrected chi connectivity index (χ3v) is 4.61. The molecular formula is C17H28BrN3. The van der Waals surface area contributed by atoms with Crippen LogP contribution in [0.3, 0.4) is 0 Å². The molecule has 0 atom stereocenters. The lowest BCUT2D eigenvalue weighted by molar-refractivity contribution is 0.524. The number of aryl methyl sites for hydroxylation is 1. The molecule has 118 valence electrons. The molecule has 1 aromatic heterocycles. The second kappa shape index (κ2) is 8.11. The summed E-state index contributed by atoms with van der Waals surface area (Å²) < 4.78 is 0.920. The monoisotopic (exact) mass is 353 g/mol. The summed E-state index contributed by atoms with van der Waals surface area (Å²) in [5.74, 6) is 2.82. The smallest absolute Gasteiger partial charge is 0.133 e. The molecule has 0 amide bonds. The summed E-state index contributed by atoms with van der Waals surface area (Å²) in [5, 5.41) is 0. The van der Waals surface area contributed by atoms with Crippen LogP contribution in [0.5, 0.6) is 0 Å². The molecule has 4 heteroatoms. The molecule has 0 unspecified atom stereocenters. The fourth-order valence-electron chi connectivity index (χ4n) is 3.03. The van der Waals surface area contributed by atoms with Crippen LogP contribution in [0.1, 0.15) is 65.1 Å². The van der Waals surface area contributed by atoms with Gasteiger partial charge in [-0.15, -0.1) is 0 Å². The van der Waals surface area contributed by atoms with Crippen LogP contribution in [0.25, 0.3) is 0 Å². The van der Waals surface area contributed by atoms with Crippen molar-refractivity contribution in [2.75, 3.05) is 11.4 Å². The first-order valence-electron chi connectivity index (χ1n) is 8.40. The minimum atomic E-state index is 0.667. The van der Waals surface area contributed by atoms with Crippen LogP contribution in [0, 0.1) is 5.92 Å². The molecule has 0 aromatic carbocycles. The summed E-state index contributed by atoms with van der Waals surface area (Å²) in [4.78, 5) is 11.9. The van der Waals surface area contributed by atoms with Gasteiger partial charge in [0, 0.05) is 25.1 Å². The largest absolute Gasteiger partial charge is 0.353 e. The Morgan fingerprint density at radius 1 is 1.29 bits per heavy atom. The first-order valence-corrected chi connectivity index (χ1v) is 9.19. The molecule has 0 radical (unpaired) electrons. The number of aromatic nitrogens is 2. The van der Waals surface area contributed by atoms with E-state index in [0.29, 0.717) is 6.04 Å². The maximum atomic E-state index is 4.83. The Morgan fingerprint density at radius 3 is 2.62 bits per heavy atom. The standard InChI is InChI=1S/C17H28BrN3/c1-4-7-16-19-15(18)12-17(20-16)21(11-10-13(2)3)14-8-5-6-9-14/h12-14H,4-11H2,1-3H3. The summed E-state index contributed by atoms with van der Waals surface area (Å²) >= 11 is 3.56. The minimum absolute atomic E-state index is 0.667. The van der Waals surface area contributed by atoms with E-state index in [1.165, 1.54) is 32.1 Å². The average Bonchev–Trinajstić information content (AvgIpc) is 2.92. The molecule has 1 aliphatic rings. The Balaban J connectivity index is 2.21. The molecule has 0 bridgehead atoms. The van der Waals surface area contributed by atoms with E-state index in [1.807, 2.05) is 0 Å². The van der Waals surface area contributed by atoms with E-state index in [0.717, 1.165) is 41.5 Å². The van der Waals surface area contributed by atoms with E-state index < -0.39 is 0 Å². The van der Waals surface area contributed by atoms with Gasteiger partial charge in [-0.3, -0.25) is 0 Å². The van der Waals surface area contributed by atoms with Gasteiger partial charge in [0.05, 0.1) is 0 Å². The van der Waals surface area contributed by atoms with Gasteiger partial charge in [0.2, 0.25) is 0 Å². The molecule has 0 aliphatic heterocycles. The van der Waals surface area contributed by atoms with Gasteiger partial charge in [-0.25, -0.2) is 9.97 Å². The fourth-order valence-corrected chi connectivity index (χ4v) is 3.44. The highest BCUT2D eigenvalue weighted by Gasteiger charge is 2.24. The van der Waals surface area contributed by atoms with Crippen LogP contribution in [0.15, 0.2) is 10.7 Å². The summed E-state index contributed by atoms with van der Waals surface area (Å²) in [7, 11) is 0. The van der Waals surface area contributed by atoms with Crippen LogP contribution in [-0.2, 0) is 6.42 Å². The number of halogens is 1. The zero-order chi connectivity index (χ0) is 15.2. The second-order valence-corrected chi connectivity index (χ2v) is 7.34. The van der Waals surface area contributed by atoms with Gasteiger partial charge in [0.15, 0.2) is 0 Å². The molecule has 1 saturated carbocycles. The zero-order valence-corrected chi connectivity index (χ0v) is 15.2. The number of anilines is 1. The first kappa shape index (κ1) is 16.7. The summed E-state index contributed by atoms with van der Waals surface area (Å²) in [6, 6.07) is 2.76. The lowest BCUT2D eigenvalue weighted by Crippen LogP contribution is -2.35. The lowest BCUT2D eigenvalue weighted by Gasteiger charge is -2.31. The van der Waals surface area contributed by atoms with Crippen molar-refractivity contribution in [3.8, 4) is 0 Å². The molecular weight excluding hydrogens is 326 g/mol. The fraction of sp³-hybridized carbons (Fsp3) is 0.765. The molecule has 1 aromatic rings. The summed E-state index contributed by atoms with van der Waals surface area (Å²) in [6.07, 6.45) is 8.60. The van der Waals surface area contributed by atoms with E-state index in [4.69, 9.17) is 4.98 Å². The topological polar surface area (TPSA) is 29.0 Å². The molecule has 3 nitrogen and oxygen atoms in total. The van der Waals surface area contributed by atoms with Crippen molar-refractivity contribution >= 4 is 21.7 Å². The van der Waals surface area contributed by atoms with E-state index >= 15 is 0 Å². The van der Waals surface area contributed by atoms with Crippen LogP contribution in [-0.4, -0.2) is 22.6 Å². The highest BCUT2D eigenvalue weighted by atomic mass is 79.9. The molecule has 1 fully saturated rings. The van der Waals surface area contributed by atoms with Crippen LogP contribution >= 0.6 is 15.9 Å². The van der Waals surface area contributed by atoms with Gasteiger partial charge in [0.1, 0.15) is 16.2 Å². The highest BCUT2D eigenvalue weighted by Crippen LogP contribution is 2.29. The average molecular weight is 354 g/mol. The van der Waals surface area contributed by atoms with E-state index in [9.17, 15) is 0 Å². The Labute approximate surface area is 137 Å². The Kier molecular flexibility index (Phi) is 6.46. The van der Waals surface area contributed by atoms with Crippen LogP contribution in [0.2, 0.25) is 0 Å². The lowest BCUT2D eigenvalue weighted by atomic mass is 10.1. The molecule has 1 heterocycles. The van der Waals surface area contributed by atoms with Crippen molar-refractivity contribution < 1.29 is 0 Å². The first-order chi connectivity index (χ1) is 10.1. The number of nitrogens with zero attached hydrogens (tertiary/aromatic N) is 3. The van der Waals surface area contributed by atoms with Crippen molar-refractivity contribution in [1.29, 1.82) is 0 Å². The molecule has 2 rings (SSSR count). The molecule has 0 saturated heterocycles. The summed E-state index contributed by atoms with van der Waals surface area (Å²) in [5.41, 5.74) is 0. The van der Waals surface area contributed by atoms with Crippen LogP contribution < -0.4 is 4.90 Å². The second-order valence-electron chi connectivity index (χ2n) is 6.53. The van der Waals surface area contributed by atoms with E-state index in [-0.39, 0.29) is 0 Å². The van der Waals surface area contributed by atoms with Gasteiger partial charge >= 0.3 is 0 Å². The van der Waals surface area contributed by atoms with Gasteiger partial charge in [-0.1, -0.05) is 33.6 Å². The van der Waals surface area contributed by atoms with Gasteiger partial charge in [-0.2, -0.15) is 0 Å². The Bertz CT molecular complexity index is 442. The van der Waals surface area contributed by atoms with Crippen molar-refractivity contribution in [3.63, 3.8) is 0 Å². The van der Waals surface area contributed by atoms with Gasteiger partial charge < -0.3 is 4.90 Å². The van der Waals surface area contributed by atoms with Crippen molar-refractivity contribution in [2.45, 2.75) is 71.8 Å². The molecule has 21 heavy (non-hydrogen) atoms. The van der Waals surface area contributed by atoms with Crippen LogP contribution in [0.4, 0.5) is 5.82 Å². The van der Waals surface area contributed by atoms with Crippen molar-refractivity contribution in [1.82, 2.24) is 9.97 Å². The quantitative estimate of drug-likeness (QED) is 0.646. The normalized spacial score (nSPS) is 15.9. The third kappa shape index (κ3) is 4.94. The highest BCUT2D eigenvalue weighted by molar-refractivity contribution is 9.10. The zero-order valence-electron chi connectivity index (χ0n) is 13.6. The van der Waals surface area contributed by atoms with Gasteiger partial charge in [0.25, 0.3) is 0 Å². The third-order valence-electron chi connectivity index (χ3n) is 4.21. The minimum Gasteiger partial charge on any atom is -0.353 e. The van der Waals surface area contributed by atoms with E-state index in [1.54, 1.807) is 0 Å². The van der Waals surface area contributed by atoms with Crippen molar-refractivity contribution in [2.24, 2.45) is 5.92 Å². The van der Waals surface area contributed by atoms with Gasteiger partial charge in [-0.05, 0) is 47.5 Å². The number of hydrogen-bond donors (Lipinski definition) is 0. The number of rotatable bonds is 7. The Morgan fingerprint density at radius 2 is 2.00 bits per heavy atom. The SMILES string of the molecule is CCCc1nc(Br)cc(N(CCC(C)C)C2CCCC2)n1. The molecule has 0 spiro atoms. The summed E-state index contributed by atoms with van der Waals surface area (Å²) in [6.45, 7) is 7.88. The molecule has 0 N–H and O–H groups in total. The van der Waals surface area contributed by atoms with E-state index in [2.05, 4.69) is 52.7 Å². The predicted octanol–water partition coefficient (Wildman–Crippen LogP) is 4.99. The molecule has 1 aliphatic carbocycles. The number of hydrogen-bond acceptors (Lipinski definition) is 3. The Hall–Kier alpha value is -0.640.